The number of amides is 1. The van der Waals surface area contributed by atoms with Crippen molar-refractivity contribution in [3.8, 4) is 11.3 Å². The van der Waals surface area contributed by atoms with Crippen LogP contribution in [0.1, 0.15) is 10.4 Å². The number of thiazole rings is 1. The van der Waals surface area contributed by atoms with E-state index < -0.39 is 15.7 Å². The van der Waals surface area contributed by atoms with Gasteiger partial charge in [0, 0.05) is 17.2 Å². The smallest absolute Gasteiger partial charge is 0.258 e. The van der Waals surface area contributed by atoms with Crippen molar-refractivity contribution in [1.82, 2.24) is 4.98 Å². The van der Waals surface area contributed by atoms with Crippen LogP contribution in [-0.2, 0) is 9.84 Å². The molecule has 0 saturated carbocycles. The van der Waals surface area contributed by atoms with E-state index in [0.29, 0.717) is 5.13 Å². The molecule has 0 atom stereocenters. The van der Waals surface area contributed by atoms with Gasteiger partial charge in [0.15, 0.2) is 15.0 Å². The van der Waals surface area contributed by atoms with Gasteiger partial charge in [0.05, 0.1) is 16.2 Å². The van der Waals surface area contributed by atoms with Crippen LogP contribution in [0.4, 0.5) is 5.13 Å². The van der Waals surface area contributed by atoms with Crippen molar-refractivity contribution in [2.24, 2.45) is 0 Å². The lowest BCUT2D eigenvalue weighted by Gasteiger charge is -2.07. The summed E-state index contributed by atoms with van der Waals surface area (Å²) in [6.45, 7) is 0. The monoisotopic (exact) mass is 358 g/mol. The minimum absolute atomic E-state index is 0.00217. The normalized spacial score (nSPS) is 11.2. The lowest BCUT2D eigenvalue weighted by Crippen LogP contribution is -2.15. The van der Waals surface area contributed by atoms with E-state index in [4.69, 9.17) is 0 Å². The van der Waals surface area contributed by atoms with E-state index in [1.807, 2.05) is 35.7 Å². The van der Waals surface area contributed by atoms with Gasteiger partial charge in [-0.15, -0.1) is 11.3 Å². The van der Waals surface area contributed by atoms with Crippen LogP contribution in [0, 0.1) is 0 Å². The number of benzene rings is 2. The largest absolute Gasteiger partial charge is 0.298 e. The summed E-state index contributed by atoms with van der Waals surface area (Å²) in [7, 11) is -3.49. The maximum atomic E-state index is 12.4. The van der Waals surface area contributed by atoms with Gasteiger partial charge in [0.2, 0.25) is 0 Å². The number of sulfone groups is 1. The summed E-state index contributed by atoms with van der Waals surface area (Å²) in [5, 5.41) is 4.92. The predicted octanol–water partition coefficient (Wildman–Crippen LogP) is 3.47. The molecule has 0 spiro atoms. The summed E-state index contributed by atoms with van der Waals surface area (Å²) < 4.78 is 23.6. The number of hydrogen-bond acceptors (Lipinski definition) is 5. The summed E-state index contributed by atoms with van der Waals surface area (Å²) in [6, 6.07) is 15.7. The third-order valence-corrected chi connectivity index (χ3v) is 5.24. The Morgan fingerprint density at radius 1 is 1.04 bits per heavy atom. The first kappa shape index (κ1) is 16.4. The van der Waals surface area contributed by atoms with Crippen molar-refractivity contribution < 1.29 is 13.2 Å². The molecule has 0 saturated heterocycles. The van der Waals surface area contributed by atoms with Gasteiger partial charge in [-0.1, -0.05) is 42.5 Å². The lowest BCUT2D eigenvalue weighted by atomic mass is 10.2. The Morgan fingerprint density at radius 3 is 2.42 bits per heavy atom. The molecule has 122 valence electrons. The molecule has 3 rings (SSSR count). The quantitative estimate of drug-likeness (QED) is 0.775. The third kappa shape index (κ3) is 3.52. The van der Waals surface area contributed by atoms with Crippen molar-refractivity contribution in [1.29, 1.82) is 0 Å². The molecule has 2 aromatic carbocycles. The molecule has 0 aliphatic carbocycles. The first-order valence-corrected chi connectivity index (χ1v) is 9.83. The fourth-order valence-corrected chi connectivity index (χ4v) is 3.82. The molecule has 0 unspecified atom stereocenters. The van der Waals surface area contributed by atoms with Gasteiger partial charge < -0.3 is 0 Å². The second kappa shape index (κ2) is 6.54. The highest BCUT2D eigenvalue weighted by Crippen LogP contribution is 2.25. The van der Waals surface area contributed by atoms with Crippen LogP contribution in [0.2, 0.25) is 0 Å². The van der Waals surface area contributed by atoms with Crippen molar-refractivity contribution in [2.75, 3.05) is 11.6 Å². The molecule has 0 aliphatic rings. The van der Waals surface area contributed by atoms with E-state index in [-0.39, 0.29) is 10.5 Å². The van der Waals surface area contributed by atoms with Gasteiger partial charge in [-0.25, -0.2) is 13.4 Å². The molecule has 3 aromatic rings. The van der Waals surface area contributed by atoms with E-state index in [1.54, 1.807) is 12.1 Å². The molecule has 1 N–H and O–H groups in total. The van der Waals surface area contributed by atoms with Crippen LogP contribution in [0.5, 0.6) is 0 Å². The summed E-state index contributed by atoms with van der Waals surface area (Å²) in [5.74, 6) is -0.495. The minimum Gasteiger partial charge on any atom is -0.298 e. The van der Waals surface area contributed by atoms with E-state index in [1.165, 1.54) is 23.5 Å². The van der Waals surface area contributed by atoms with Gasteiger partial charge in [-0.2, -0.15) is 0 Å². The maximum Gasteiger partial charge on any atom is 0.258 e. The second-order valence-electron chi connectivity index (χ2n) is 5.13. The number of carbonyl (C=O) groups is 1. The molecule has 1 aromatic heterocycles. The van der Waals surface area contributed by atoms with Crippen LogP contribution >= 0.6 is 11.3 Å². The Balaban J connectivity index is 1.86. The summed E-state index contributed by atoms with van der Waals surface area (Å²) in [6.07, 6.45) is 1.08. The molecule has 24 heavy (non-hydrogen) atoms. The number of carbonyl (C=O) groups excluding carboxylic acids is 1. The summed E-state index contributed by atoms with van der Waals surface area (Å²) >= 11 is 1.29. The molecule has 0 radical (unpaired) electrons. The number of nitrogens with zero attached hydrogens (tertiary/aromatic N) is 1. The van der Waals surface area contributed by atoms with Gasteiger partial charge >= 0.3 is 0 Å². The topological polar surface area (TPSA) is 76.1 Å². The highest BCUT2D eigenvalue weighted by atomic mass is 32.2. The molecular weight excluding hydrogens is 344 g/mol. The second-order valence-corrected chi connectivity index (χ2v) is 7.97. The Kier molecular flexibility index (Phi) is 4.46. The van der Waals surface area contributed by atoms with E-state index in [2.05, 4.69) is 10.3 Å². The Labute approximate surface area is 143 Å². The van der Waals surface area contributed by atoms with Crippen LogP contribution in [-0.4, -0.2) is 25.6 Å². The average Bonchev–Trinajstić information content (AvgIpc) is 3.03. The van der Waals surface area contributed by atoms with Crippen LogP contribution in [0.15, 0.2) is 64.9 Å². The number of nitrogens with one attached hydrogen (secondary N) is 1. The van der Waals surface area contributed by atoms with Crippen LogP contribution in [0.3, 0.4) is 0 Å². The number of hydrogen-bond donors (Lipinski definition) is 1. The van der Waals surface area contributed by atoms with Gasteiger partial charge in [-0.05, 0) is 12.1 Å². The van der Waals surface area contributed by atoms with E-state index in [0.717, 1.165) is 17.5 Å². The van der Waals surface area contributed by atoms with Crippen LogP contribution in [0.25, 0.3) is 11.3 Å². The first-order chi connectivity index (χ1) is 11.4. The Morgan fingerprint density at radius 2 is 1.71 bits per heavy atom. The van der Waals surface area contributed by atoms with Gasteiger partial charge in [0.25, 0.3) is 5.91 Å². The fraction of sp³-hybridized carbons (Fsp3) is 0.0588. The first-order valence-electron chi connectivity index (χ1n) is 7.06. The minimum atomic E-state index is -3.49. The van der Waals surface area contributed by atoms with Crippen molar-refractivity contribution >= 4 is 32.2 Å². The number of rotatable bonds is 4. The summed E-state index contributed by atoms with van der Waals surface area (Å²) in [5.41, 5.74) is 1.81. The molecule has 1 amide bonds. The van der Waals surface area contributed by atoms with Crippen molar-refractivity contribution in [2.45, 2.75) is 4.90 Å². The predicted molar refractivity (Wildman–Crippen MR) is 95.1 cm³/mol. The SMILES string of the molecule is CS(=O)(=O)c1ccccc1C(=O)Nc1nc(-c2ccccc2)cs1. The van der Waals surface area contributed by atoms with Crippen molar-refractivity contribution in [3.05, 3.63) is 65.5 Å². The zero-order chi connectivity index (χ0) is 17.2. The molecular formula is C17H14N2O3S2. The Bertz CT molecular complexity index is 980. The molecule has 5 nitrogen and oxygen atoms in total. The van der Waals surface area contributed by atoms with Gasteiger partial charge in [0.1, 0.15) is 0 Å². The molecule has 7 heteroatoms. The number of anilines is 1. The maximum absolute atomic E-state index is 12.4. The lowest BCUT2D eigenvalue weighted by molar-refractivity contribution is 0.102. The standard InChI is InChI=1S/C17H14N2O3S2/c1-24(21,22)15-10-6-5-9-13(15)16(20)19-17-18-14(11-23-17)12-7-3-2-4-8-12/h2-11H,1H3,(H,18,19,20). The summed E-state index contributed by atoms with van der Waals surface area (Å²) in [4.78, 5) is 16.8. The Hall–Kier alpha value is -2.51. The highest BCUT2D eigenvalue weighted by Gasteiger charge is 2.19. The van der Waals surface area contributed by atoms with E-state index in [9.17, 15) is 13.2 Å². The van der Waals surface area contributed by atoms with E-state index >= 15 is 0 Å². The third-order valence-electron chi connectivity index (χ3n) is 3.33. The zero-order valence-electron chi connectivity index (χ0n) is 12.8. The highest BCUT2D eigenvalue weighted by molar-refractivity contribution is 7.90. The van der Waals surface area contributed by atoms with Crippen molar-refractivity contribution in [3.63, 3.8) is 0 Å². The molecule has 1 heterocycles. The molecule has 0 bridgehead atoms. The van der Waals surface area contributed by atoms with Crippen LogP contribution < -0.4 is 5.32 Å². The van der Waals surface area contributed by atoms with Gasteiger partial charge in [-0.3, -0.25) is 10.1 Å². The molecule has 0 fully saturated rings. The zero-order valence-corrected chi connectivity index (χ0v) is 14.4. The average molecular weight is 358 g/mol. The molecule has 0 aliphatic heterocycles. The number of aromatic nitrogens is 1. The fourth-order valence-electron chi connectivity index (χ4n) is 2.21.